The van der Waals surface area contributed by atoms with Crippen molar-refractivity contribution >= 4 is 11.6 Å². The monoisotopic (exact) mass is 306 g/mol. The van der Waals surface area contributed by atoms with E-state index in [4.69, 9.17) is 11.6 Å². The molecule has 0 spiro atoms. The molecule has 0 unspecified atom stereocenters. The van der Waals surface area contributed by atoms with Gasteiger partial charge in [0.15, 0.2) is 0 Å². The zero-order chi connectivity index (χ0) is 15.4. The van der Waals surface area contributed by atoms with E-state index in [-0.39, 0.29) is 18.4 Å². The van der Waals surface area contributed by atoms with Crippen molar-refractivity contribution in [2.45, 2.75) is 33.0 Å². The molecule has 112 valence electrons. The molecule has 0 saturated heterocycles. The fraction of sp³-hybridized carbons (Fsp3) is 0.312. The smallest absolute Gasteiger partial charge is 0.141 e. The van der Waals surface area contributed by atoms with Crippen LogP contribution < -0.4 is 5.32 Å². The van der Waals surface area contributed by atoms with Crippen molar-refractivity contribution in [3.8, 4) is 5.75 Å². The van der Waals surface area contributed by atoms with Crippen LogP contribution in [0, 0.1) is 6.92 Å². The number of aromatic nitrogens is 1. The van der Waals surface area contributed by atoms with Crippen LogP contribution in [0.4, 0.5) is 0 Å². The molecule has 0 aliphatic heterocycles. The molecule has 0 aliphatic carbocycles. The van der Waals surface area contributed by atoms with Crippen LogP contribution in [0.2, 0.25) is 5.02 Å². The van der Waals surface area contributed by atoms with Crippen LogP contribution >= 0.6 is 11.6 Å². The molecule has 0 bridgehead atoms. The van der Waals surface area contributed by atoms with Crippen molar-refractivity contribution in [2.24, 2.45) is 0 Å². The minimum atomic E-state index is -0.146. The summed E-state index contributed by atoms with van der Waals surface area (Å²) in [6.45, 7) is 4.08. The van der Waals surface area contributed by atoms with E-state index in [1.54, 1.807) is 13.1 Å². The van der Waals surface area contributed by atoms with E-state index in [1.165, 1.54) is 0 Å². The number of nitrogens with zero attached hydrogens (tertiary/aromatic N) is 1. The van der Waals surface area contributed by atoms with E-state index >= 15 is 0 Å². The molecule has 21 heavy (non-hydrogen) atoms. The third-order valence-electron chi connectivity index (χ3n) is 3.56. The number of aromatic hydroxyl groups is 1. The molecule has 0 saturated carbocycles. The lowest BCUT2D eigenvalue weighted by Crippen LogP contribution is -2.19. The van der Waals surface area contributed by atoms with Crippen molar-refractivity contribution in [3.05, 3.63) is 57.9 Å². The minimum absolute atomic E-state index is 0.0988. The third kappa shape index (κ3) is 3.73. The predicted octanol–water partition coefficient (Wildman–Crippen LogP) is 3.09. The van der Waals surface area contributed by atoms with E-state index in [0.29, 0.717) is 28.4 Å². The Morgan fingerprint density at radius 3 is 2.57 bits per heavy atom. The Morgan fingerprint density at radius 1 is 1.29 bits per heavy atom. The fourth-order valence-corrected chi connectivity index (χ4v) is 2.27. The highest BCUT2D eigenvalue weighted by Gasteiger charge is 2.13. The van der Waals surface area contributed by atoms with E-state index in [2.05, 4.69) is 10.3 Å². The van der Waals surface area contributed by atoms with Crippen molar-refractivity contribution < 1.29 is 10.2 Å². The number of pyridine rings is 1. The highest BCUT2D eigenvalue weighted by atomic mass is 35.5. The Morgan fingerprint density at radius 2 is 1.95 bits per heavy atom. The number of aliphatic hydroxyl groups excluding tert-OH is 1. The third-order valence-corrected chi connectivity index (χ3v) is 3.81. The van der Waals surface area contributed by atoms with Crippen LogP contribution in [0.15, 0.2) is 30.5 Å². The first-order chi connectivity index (χ1) is 10.0. The summed E-state index contributed by atoms with van der Waals surface area (Å²) >= 11 is 5.88. The molecule has 0 aliphatic rings. The summed E-state index contributed by atoms with van der Waals surface area (Å²) in [5, 5.41) is 23.5. The maximum Gasteiger partial charge on any atom is 0.141 e. The first-order valence-corrected chi connectivity index (χ1v) is 7.16. The van der Waals surface area contributed by atoms with E-state index in [0.717, 1.165) is 5.56 Å². The molecular formula is C16H19ClN2O2. The van der Waals surface area contributed by atoms with Crippen molar-refractivity contribution in [1.82, 2.24) is 10.3 Å². The molecule has 0 amide bonds. The van der Waals surface area contributed by atoms with Crippen molar-refractivity contribution in [3.63, 3.8) is 0 Å². The molecular weight excluding hydrogens is 288 g/mol. The summed E-state index contributed by atoms with van der Waals surface area (Å²) in [6, 6.07) is 7.72. The number of rotatable bonds is 5. The molecule has 1 heterocycles. The van der Waals surface area contributed by atoms with Crippen LogP contribution in [0.25, 0.3) is 0 Å². The lowest BCUT2D eigenvalue weighted by molar-refractivity contribution is 0.278. The van der Waals surface area contributed by atoms with Gasteiger partial charge in [-0.3, -0.25) is 4.98 Å². The van der Waals surface area contributed by atoms with E-state index in [1.807, 2.05) is 31.2 Å². The number of aryl methyl sites for hydroxylation is 1. The maximum atomic E-state index is 10.1. The number of hydrogen-bond acceptors (Lipinski definition) is 4. The second-order valence-electron chi connectivity index (χ2n) is 5.01. The molecule has 1 aromatic heterocycles. The van der Waals surface area contributed by atoms with Gasteiger partial charge < -0.3 is 15.5 Å². The maximum absolute atomic E-state index is 10.1. The predicted molar refractivity (Wildman–Crippen MR) is 83.3 cm³/mol. The standard InChI is InChI=1S/C16H19ClN2O2/c1-10(12-3-5-14(17)6-4-12)19-8-15-13(9-20)7-18-11(2)16(15)21/h3-7,10,19-21H,8-9H2,1-2H3/t10-/m1/s1. The Hall–Kier alpha value is -1.62. The average molecular weight is 307 g/mol. The topological polar surface area (TPSA) is 65.4 Å². The molecule has 5 heteroatoms. The summed E-state index contributed by atoms with van der Waals surface area (Å²) in [5.74, 6) is 0.136. The van der Waals surface area contributed by atoms with Gasteiger partial charge in [-0.15, -0.1) is 0 Å². The number of nitrogens with one attached hydrogen (secondary N) is 1. The van der Waals surface area contributed by atoms with Gasteiger partial charge in [-0.2, -0.15) is 0 Å². The number of halogens is 1. The summed E-state index contributed by atoms with van der Waals surface area (Å²) in [6.07, 6.45) is 1.60. The molecule has 2 aromatic rings. The van der Waals surface area contributed by atoms with Gasteiger partial charge in [0.25, 0.3) is 0 Å². The van der Waals surface area contributed by atoms with Crippen LogP contribution in [0.5, 0.6) is 5.75 Å². The average Bonchev–Trinajstić information content (AvgIpc) is 2.49. The van der Waals surface area contributed by atoms with Gasteiger partial charge in [-0.05, 0) is 31.5 Å². The van der Waals surface area contributed by atoms with Crippen molar-refractivity contribution in [2.75, 3.05) is 0 Å². The molecule has 3 N–H and O–H groups in total. The lowest BCUT2D eigenvalue weighted by atomic mass is 10.1. The fourth-order valence-electron chi connectivity index (χ4n) is 2.14. The van der Waals surface area contributed by atoms with Gasteiger partial charge in [-0.1, -0.05) is 23.7 Å². The Bertz CT molecular complexity index is 614. The number of aliphatic hydroxyl groups is 1. The molecule has 0 radical (unpaired) electrons. The van der Waals surface area contributed by atoms with E-state index < -0.39 is 0 Å². The highest BCUT2D eigenvalue weighted by molar-refractivity contribution is 6.30. The van der Waals surface area contributed by atoms with Crippen LogP contribution in [0.1, 0.15) is 35.3 Å². The minimum Gasteiger partial charge on any atom is -0.506 e. The Kier molecular flexibility index (Phi) is 5.17. The van der Waals surface area contributed by atoms with Crippen LogP contribution in [0.3, 0.4) is 0 Å². The Labute approximate surface area is 129 Å². The summed E-state index contributed by atoms with van der Waals surface area (Å²) in [4.78, 5) is 4.05. The van der Waals surface area contributed by atoms with Crippen molar-refractivity contribution in [1.29, 1.82) is 0 Å². The Balaban J connectivity index is 2.12. The quantitative estimate of drug-likeness (QED) is 0.794. The van der Waals surface area contributed by atoms with Gasteiger partial charge in [0.2, 0.25) is 0 Å². The largest absolute Gasteiger partial charge is 0.506 e. The zero-order valence-corrected chi connectivity index (χ0v) is 12.9. The zero-order valence-electron chi connectivity index (χ0n) is 12.1. The van der Waals surface area contributed by atoms with Gasteiger partial charge >= 0.3 is 0 Å². The molecule has 1 atom stereocenters. The van der Waals surface area contributed by atoms with Gasteiger partial charge in [0.1, 0.15) is 5.75 Å². The van der Waals surface area contributed by atoms with Gasteiger partial charge in [0.05, 0.1) is 12.3 Å². The SMILES string of the molecule is Cc1ncc(CO)c(CN[C@H](C)c2ccc(Cl)cc2)c1O. The normalized spacial score (nSPS) is 12.4. The molecule has 4 nitrogen and oxygen atoms in total. The van der Waals surface area contributed by atoms with Gasteiger partial charge in [0, 0.05) is 34.9 Å². The molecule has 0 fully saturated rings. The second kappa shape index (κ2) is 6.89. The second-order valence-corrected chi connectivity index (χ2v) is 5.44. The highest BCUT2D eigenvalue weighted by Crippen LogP contribution is 2.25. The molecule has 1 aromatic carbocycles. The first-order valence-electron chi connectivity index (χ1n) is 6.79. The number of benzene rings is 1. The lowest BCUT2D eigenvalue weighted by Gasteiger charge is -2.17. The van der Waals surface area contributed by atoms with Crippen LogP contribution in [-0.4, -0.2) is 15.2 Å². The summed E-state index contributed by atoms with van der Waals surface area (Å²) in [7, 11) is 0. The van der Waals surface area contributed by atoms with Crippen LogP contribution in [-0.2, 0) is 13.2 Å². The van der Waals surface area contributed by atoms with Gasteiger partial charge in [-0.25, -0.2) is 0 Å². The summed E-state index contributed by atoms with van der Waals surface area (Å²) in [5.41, 5.74) is 2.98. The number of hydrogen-bond donors (Lipinski definition) is 3. The first kappa shape index (κ1) is 15.8. The summed E-state index contributed by atoms with van der Waals surface area (Å²) < 4.78 is 0. The van der Waals surface area contributed by atoms with E-state index in [9.17, 15) is 10.2 Å². The molecule has 2 rings (SSSR count).